The van der Waals surface area contributed by atoms with E-state index in [1.54, 1.807) is 36.0 Å². The second-order valence-electron chi connectivity index (χ2n) is 6.82. The first-order valence-corrected chi connectivity index (χ1v) is 12.2. The quantitative estimate of drug-likeness (QED) is 0.214. The summed E-state index contributed by atoms with van der Waals surface area (Å²) in [5.41, 5.74) is 2.95. The van der Waals surface area contributed by atoms with E-state index in [1.807, 2.05) is 36.6 Å². The second-order valence-corrected chi connectivity index (χ2v) is 9.33. The van der Waals surface area contributed by atoms with Gasteiger partial charge in [0.25, 0.3) is 0 Å². The summed E-state index contributed by atoms with van der Waals surface area (Å²) in [4.78, 5) is 28.8. The Hall–Kier alpha value is -2.35. The fraction of sp³-hybridized carbons (Fsp3) is 0.261. The van der Waals surface area contributed by atoms with Gasteiger partial charge in [0, 0.05) is 21.8 Å². The van der Waals surface area contributed by atoms with Crippen molar-refractivity contribution >= 4 is 52.3 Å². The highest BCUT2D eigenvalue weighted by atomic mass is 35.5. The van der Waals surface area contributed by atoms with Gasteiger partial charge in [0.2, 0.25) is 5.91 Å². The van der Waals surface area contributed by atoms with Gasteiger partial charge in [0.15, 0.2) is 0 Å². The Labute approximate surface area is 195 Å². The second kappa shape index (κ2) is 11.9. The molecule has 0 spiro atoms. The normalized spacial score (nSPS) is 10.6. The van der Waals surface area contributed by atoms with Gasteiger partial charge >= 0.3 is 5.97 Å². The molecule has 31 heavy (non-hydrogen) atoms. The van der Waals surface area contributed by atoms with E-state index >= 15 is 0 Å². The number of amides is 1. The van der Waals surface area contributed by atoms with Gasteiger partial charge in [-0.15, -0.1) is 11.3 Å². The van der Waals surface area contributed by atoms with Gasteiger partial charge < -0.3 is 10.1 Å². The first-order chi connectivity index (χ1) is 15.0. The lowest BCUT2D eigenvalue weighted by molar-refractivity contribution is -0.115. The molecular weight excluding hydrogens is 452 g/mol. The Morgan fingerprint density at radius 1 is 1.19 bits per heavy atom. The zero-order chi connectivity index (χ0) is 22.1. The first kappa shape index (κ1) is 23.3. The summed E-state index contributed by atoms with van der Waals surface area (Å²) < 4.78 is 6.09. The number of thiazole rings is 1. The van der Waals surface area contributed by atoms with Crippen LogP contribution < -0.4 is 5.32 Å². The summed E-state index contributed by atoms with van der Waals surface area (Å²) >= 11 is 9.16. The molecule has 0 saturated heterocycles. The molecule has 0 saturated carbocycles. The Morgan fingerprint density at radius 2 is 2.00 bits per heavy atom. The molecule has 0 aliphatic rings. The standard InChI is InChI=1S/C23H23ClN2O3S2/c1-2-3-11-29-22(28)17-7-9-19(10-8-17)25-21(27)13-20-15-31-23(26-20)30-14-16-5-4-6-18(24)12-16/h4-10,12,15H,2-3,11,13-14H2,1H3,(H,25,27). The van der Waals surface area contributed by atoms with Crippen molar-refractivity contribution in [1.82, 2.24) is 4.98 Å². The van der Waals surface area contributed by atoms with Gasteiger partial charge in [-0.2, -0.15) is 0 Å². The van der Waals surface area contributed by atoms with Crippen LogP contribution in [-0.2, 0) is 21.7 Å². The number of esters is 1. The van der Waals surface area contributed by atoms with Crippen LogP contribution in [0.2, 0.25) is 5.02 Å². The van der Waals surface area contributed by atoms with E-state index in [0.29, 0.717) is 17.9 Å². The van der Waals surface area contributed by atoms with Crippen molar-refractivity contribution in [3.63, 3.8) is 0 Å². The number of ether oxygens (including phenoxy) is 1. The van der Waals surface area contributed by atoms with Gasteiger partial charge in [-0.3, -0.25) is 4.79 Å². The van der Waals surface area contributed by atoms with Crippen molar-refractivity contribution in [3.8, 4) is 0 Å². The fourth-order valence-electron chi connectivity index (χ4n) is 2.66. The summed E-state index contributed by atoms with van der Waals surface area (Å²) in [5, 5.41) is 5.45. The Morgan fingerprint density at radius 3 is 2.74 bits per heavy atom. The minimum atomic E-state index is -0.350. The molecule has 0 bridgehead atoms. The van der Waals surface area contributed by atoms with Crippen LogP contribution in [0.5, 0.6) is 0 Å². The van der Waals surface area contributed by atoms with E-state index in [-0.39, 0.29) is 18.3 Å². The number of rotatable bonds is 10. The summed E-state index contributed by atoms with van der Waals surface area (Å²) in [7, 11) is 0. The van der Waals surface area contributed by atoms with Crippen LogP contribution in [0, 0.1) is 0 Å². The van der Waals surface area contributed by atoms with Gasteiger partial charge in [-0.1, -0.05) is 48.8 Å². The van der Waals surface area contributed by atoms with E-state index in [9.17, 15) is 9.59 Å². The SMILES string of the molecule is CCCCOC(=O)c1ccc(NC(=O)Cc2csc(SCc3cccc(Cl)c3)n2)cc1. The Balaban J connectivity index is 1.47. The third-order valence-corrected chi connectivity index (χ3v) is 6.64. The molecule has 1 N–H and O–H groups in total. The van der Waals surface area contributed by atoms with Crippen molar-refractivity contribution in [1.29, 1.82) is 0 Å². The molecule has 0 unspecified atom stereocenters. The molecule has 0 aliphatic heterocycles. The maximum Gasteiger partial charge on any atom is 0.338 e. The molecule has 1 aromatic heterocycles. The lowest BCUT2D eigenvalue weighted by atomic mass is 10.2. The molecule has 0 radical (unpaired) electrons. The van der Waals surface area contributed by atoms with Crippen molar-refractivity contribution in [2.75, 3.05) is 11.9 Å². The van der Waals surface area contributed by atoms with Gasteiger partial charge in [-0.05, 0) is 48.4 Å². The summed E-state index contributed by atoms with van der Waals surface area (Å²) in [5.74, 6) is 0.263. The van der Waals surface area contributed by atoms with Crippen LogP contribution in [0.25, 0.3) is 0 Å². The number of anilines is 1. The molecule has 162 valence electrons. The highest BCUT2D eigenvalue weighted by Gasteiger charge is 2.11. The van der Waals surface area contributed by atoms with Crippen LogP contribution in [0.3, 0.4) is 0 Å². The minimum absolute atomic E-state index is 0.157. The number of nitrogens with one attached hydrogen (secondary N) is 1. The molecule has 1 heterocycles. The topological polar surface area (TPSA) is 68.3 Å². The highest BCUT2D eigenvalue weighted by Crippen LogP contribution is 2.27. The number of aromatic nitrogens is 1. The number of nitrogens with zero attached hydrogens (tertiary/aromatic N) is 1. The third-order valence-electron chi connectivity index (χ3n) is 4.26. The molecule has 5 nitrogen and oxygen atoms in total. The smallest absolute Gasteiger partial charge is 0.338 e. The van der Waals surface area contributed by atoms with Crippen LogP contribution in [0.15, 0.2) is 58.3 Å². The average molecular weight is 475 g/mol. The van der Waals surface area contributed by atoms with Crippen molar-refractivity contribution < 1.29 is 14.3 Å². The molecule has 3 aromatic rings. The zero-order valence-electron chi connectivity index (χ0n) is 17.1. The molecule has 1 amide bonds. The first-order valence-electron chi connectivity index (χ1n) is 9.92. The molecule has 3 rings (SSSR count). The molecule has 8 heteroatoms. The van der Waals surface area contributed by atoms with Gasteiger partial charge in [-0.25, -0.2) is 9.78 Å². The lowest BCUT2D eigenvalue weighted by Crippen LogP contribution is -2.14. The van der Waals surface area contributed by atoms with E-state index in [0.717, 1.165) is 39.2 Å². The van der Waals surface area contributed by atoms with E-state index in [2.05, 4.69) is 10.3 Å². The molecule has 0 fully saturated rings. The summed E-state index contributed by atoms with van der Waals surface area (Å²) in [6, 6.07) is 14.4. The number of unbranched alkanes of at least 4 members (excludes halogenated alkanes) is 1. The number of benzene rings is 2. The van der Waals surface area contributed by atoms with Crippen molar-refractivity contribution in [2.45, 2.75) is 36.3 Å². The number of thioether (sulfide) groups is 1. The maximum atomic E-state index is 12.3. The van der Waals surface area contributed by atoms with E-state index in [1.165, 1.54) is 11.3 Å². The van der Waals surface area contributed by atoms with Crippen LogP contribution in [0.1, 0.15) is 41.4 Å². The van der Waals surface area contributed by atoms with Crippen LogP contribution >= 0.6 is 34.7 Å². The Bertz CT molecular complexity index is 1020. The number of carbonyl (C=O) groups is 2. The summed E-state index contributed by atoms with van der Waals surface area (Å²) in [6.07, 6.45) is 2.01. The monoisotopic (exact) mass is 474 g/mol. The van der Waals surface area contributed by atoms with Gasteiger partial charge in [0.05, 0.1) is 24.3 Å². The lowest BCUT2D eigenvalue weighted by Gasteiger charge is -2.06. The summed E-state index contributed by atoms with van der Waals surface area (Å²) in [6.45, 7) is 2.46. The fourth-order valence-corrected chi connectivity index (χ4v) is 4.66. The Kier molecular flexibility index (Phi) is 8.94. The van der Waals surface area contributed by atoms with E-state index in [4.69, 9.17) is 16.3 Å². The maximum absolute atomic E-state index is 12.3. The number of hydrogen-bond acceptors (Lipinski definition) is 6. The predicted molar refractivity (Wildman–Crippen MR) is 127 cm³/mol. The van der Waals surface area contributed by atoms with Gasteiger partial charge in [0.1, 0.15) is 4.34 Å². The van der Waals surface area contributed by atoms with Crippen LogP contribution in [0.4, 0.5) is 5.69 Å². The molecule has 2 aromatic carbocycles. The average Bonchev–Trinajstić information content (AvgIpc) is 3.20. The van der Waals surface area contributed by atoms with E-state index < -0.39 is 0 Å². The minimum Gasteiger partial charge on any atom is -0.462 e. The molecule has 0 atom stereocenters. The molecule has 0 aliphatic carbocycles. The largest absolute Gasteiger partial charge is 0.462 e. The number of hydrogen-bond donors (Lipinski definition) is 1. The number of halogens is 1. The van der Waals surface area contributed by atoms with Crippen LogP contribution in [-0.4, -0.2) is 23.5 Å². The number of carbonyl (C=O) groups excluding carboxylic acids is 2. The predicted octanol–water partition coefficient (Wildman–Crippen LogP) is 6.23. The van der Waals surface area contributed by atoms with Crippen molar-refractivity contribution in [2.24, 2.45) is 0 Å². The molecular formula is C23H23ClN2O3S2. The zero-order valence-corrected chi connectivity index (χ0v) is 19.5. The third kappa shape index (κ3) is 7.69. The van der Waals surface area contributed by atoms with Crippen molar-refractivity contribution in [3.05, 3.63) is 75.8 Å². The highest BCUT2D eigenvalue weighted by molar-refractivity contribution is 8.00.